The highest BCUT2D eigenvalue weighted by molar-refractivity contribution is 5.94. The lowest BCUT2D eigenvalue weighted by atomic mass is 10.3. The summed E-state index contributed by atoms with van der Waals surface area (Å²) in [6, 6.07) is 3.56. The van der Waals surface area contributed by atoms with Gasteiger partial charge in [-0.25, -0.2) is 4.98 Å². The molecule has 2 rings (SSSR count). The third kappa shape index (κ3) is 2.24. The van der Waals surface area contributed by atoms with Gasteiger partial charge in [0.15, 0.2) is 11.4 Å². The van der Waals surface area contributed by atoms with Crippen LogP contribution in [0.2, 0.25) is 0 Å². The van der Waals surface area contributed by atoms with Gasteiger partial charge >= 0.3 is 0 Å². The van der Waals surface area contributed by atoms with Gasteiger partial charge < -0.3 is 15.4 Å². The predicted molar refractivity (Wildman–Crippen MR) is 60.7 cm³/mol. The van der Waals surface area contributed by atoms with Crippen molar-refractivity contribution in [1.29, 1.82) is 0 Å². The first kappa shape index (κ1) is 10.7. The molecule has 0 radical (unpaired) electrons. The van der Waals surface area contributed by atoms with Gasteiger partial charge in [0, 0.05) is 14.1 Å². The van der Waals surface area contributed by atoms with Crippen molar-refractivity contribution in [3.8, 4) is 5.75 Å². The summed E-state index contributed by atoms with van der Waals surface area (Å²) in [7, 11) is 3.71. The third-order valence-electron chi connectivity index (χ3n) is 2.35. The number of pyridine rings is 1. The summed E-state index contributed by atoms with van der Waals surface area (Å²) in [5.41, 5.74) is 5.49. The van der Waals surface area contributed by atoms with E-state index in [0.717, 1.165) is 12.8 Å². The standard InChI is InChI=1S/C11H15N3O2/c1-14(2)9-6-5-8(16-7-3-4-7)10(13-9)11(12)15/h5-7H,3-4H2,1-2H3,(H2,12,15). The van der Waals surface area contributed by atoms with E-state index in [1.54, 1.807) is 6.07 Å². The third-order valence-corrected chi connectivity index (χ3v) is 2.35. The lowest BCUT2D eigenvalue weighted by molar-refractivity contribution is 0.0991. The fraction of sp³-hybridized carbons (Fsp3) is 0.455. The lowest BCUT2D eigenvalue weighted by Gasteiger charge is -2.14. The minimum atomic E-state index is -0.556. The topological polar surface area (TPSA) is 68.5 Å². The molecule has 16 heavy (non-hydrogen) atoms. The second-order valence-electron chi connectivity index (χ2n) is 4.09. The summed E-state index contributed by atoms with van der Waals surface area (Å²) in [6.07, 6.45) is 2.30. The van der Waals surface area contributed by atoms with Gasteiger partial charge in [-0.3, -0.25) is 4.79 Å². The maximum Gasteiger partial charge on any atom is 0.271 e. The molecule has 86 valence electrons. The number of carbonyl (C=O) groups is 1. The molecule has 1 aliphatic rings. The average Bonchev–Trinajstić information content (AvgIpc) is 3.01. The number of nitrogens with two attached hydrogens (primary N) is 1. The SMILES string of the molecule is CN(C)c1ccc(OC2CC2)c(C(N)=O)n1. The number of rotatable bonds is 4. The zero-order chi connectivity index (χ0) is 11.7. The van der Waals surface area contributed by atoms with E-state index in [2.05, 4.69) is 4.98 Å². The number of hydrogen-bond donors (Lipinski definition) is 1. The monoisotopic (exact) mass is 221 g/mol. The molecule has 1 saturated carbocycles. The van der Waals surface area contributed by atoms with Crippen LogP contribution >= 0.6 is 0 Å². The summed E-state index contributed by atoms with van der Waals surface area (Å²) < 4.78 is 5.57. The van der Waals surface area contributed by atoms with Gasteiger partial charge in [-0.05, 0) is 25.0 Å². The van der Waals surface area contributed by atoms with Crippen LogP contribution in [0.15, 0.2) is 12.1 Å². The number of ether oxygens (including phenoxy) is 1. The Kier molecular flexibility index (Phi) is 2.68. The first-order valence-corrected chi connectivity index (χ1v) is 5.23. The number of aromatic nitrogens is 1. The number of carbonyl (C=O) groups excluding carboxylic acids is 1. The Morgan fingerprint density at radius 1 is 1.50 bits per heavy atom. The Bertz CT molecular complexity index is 414. The number of anilines is 1. The van der Waals surface area contributed by atoms with E-state index in [4.69, 9.17) is 10.5 Å². The molecule has 1 fully saturated rings. The quantitative estimate of drug-likeness (QED) is 0.816. The zero-order valence-electron chi connectivity index (χ0n) is 9.43. The Labute approximate surface area is 94.2 Å². The van der Waals surface area contributed by atoms with Crippen LogP contribution in [0.25, 0.3) is 0 Å². The Morgan fingerprint density at radius 2 is 2.19 bits per heavy atom. The molecule has 5 heteroatoms. The molecule has 0 saturated heterocycles. The minimum absolute atomic E-state index is 0.207. The van der Waals surface area contributed by atoms with E-state index in [1.165, 1.54) is 0 Å². The Balaban J connectivity index is 2.32. The molecular weight excluding hydrogens is 206 g/mol. The Morgan fingerprint density at radius 3 is 2.69 bits per heavy atom. The van der Waals surface area contributed by atoms with Crippen molar-refractivity contribution in [2.45, 2.75) is 18.9 Å². The van der Waals surface area contributed by atoms with Gasteiger partial charge in [-0.15, -0.1) is 0 Å². The number of amides is 1. The highest BCUT2D eigenvalue weighted by Gasteiger charge is 2.26. The van der Waals surface area contributed by atoms with Crippen LogP contribution < -0.4 is 15.4 Å². The van der Waals surface area contributed by atoms with Crippen molar-refractivity contribution >= 4 is 11.7 Å². The minimum Gasteiger partial charge on any atom is -0.488 e. The van der Waals surface area contributed by atoms with Gasteiger partial charge in [0.05, 0.1) is 6.10 Å². The van der Waals surface area contributed by atoms with Crippen LogP contribution in [0.1, 0.15) is 23.3 Å². The first-order chi connectivity index (χ1) is 7.58. The molecular formula is C11H15N3O2. The zero-order valence-corrected chi connectivity index (χ0v) is 9.43. The van der Waals surface area contributed by atoms with Crippen LogP contribution in [-0.2, 0) is 0 Å². The largest absolute Gasteiger partial charge is 0.488 e. The summed E-state index contributed by atoms with van der Waals surface area (Å²) in [5.74, 6) is 0.622. The highest BCUT2D eigenvalue weighted by Crippen LogP contribution is 2.29. The summed E-state index contributed by atoms with van der Waals surface area (Å²) in [6.45, 7) is 0. The fourth-order valence-electron chi connectivity index (χ4n) is 1.32. The van der Waals surface area contributed by atoms with Crippen LogP contribution in [0.3, 0.4) is 0 Å². The molecule has 0 atom stereocenters. The average molecular weight is 221 g/mol. The molecule has 1 aromatic heterocycles. The van der Waals surface area contributed by atoms with Gasteiger partial charge in [-0.1, -0.05) is 0 Å². The molecule has 0 spiro atoms. The highest BCUT2D eigenvalue weighted by atomic mass is 16.5. The van der Waals surface area contributed by atoms with E-state index < -0.39 is 5.91 Å². The van der Waals surface area contributed by atoms with E-state index in [-0.39, 0.29) is 11.8 Å². The number of primary amides is 1. The van der Waals surface area contributed by atoms with Crippen LogP contribution in [0.5, 0.6) is 5.75 Å². The molecule has 5 nitrogen and oxygen atoms in total. The van der Waals surface area contributed by atoms with Crippen molar-refractivity contribution < 1.29 is 9.53 Å². The van der Waals surface area contributed by atoms with Crippen molar-refractivity contribution in [2.24, 2.45) is 5.73 Å². The molecule has 0 aliphatic heterocycles. The van der Waals surface area contributed by atoms with Crippen molar-refractivity contribution in [1.82, 2.24) is 4.98 Å². The van der Waals surface area contributed by atoms with Crippen molar-refractivity contribution in [2.75, 3.05) is 19.0 Å². The summed E-state index contributed by atoms with van der Waals surface area (Å²) in [4.78, 5) is 17.3. The van der Waals surface area contributed by atoms with E-state index in [9.17, 15) is 4.79 Å². The molecule has 2 N–H and O–H groups in total. The number of nitrogens with zero attached hydrogens (tertiary/aromatic N) is 2. The Hall–Kier alpha value is -1.78. The molecule has 1 heterocycles. The lowest BCUT2D eigenvalue weighted by Crippen LogP contribution is -2.18. The number of hydrogen-bond acceptors (Lipinski definition) is 4. The maximum absolute atomic E-state index is 11.3. The second kappa shape index (κ2) is 4.00. The smallest absolute Gasteiger partial charge is 0.271 e. The van der Waals surface area contributed by atoms with Crippen molar-refractivity contribution in [3.05, 3.63) is 17.8 Å². The molecule has 1 amide bonds. The molecule has 0 bridgehead atoms. The summed E-state index contributed by atoms with van der Waals surface area (Å²) >= 11 is 0. The van der Waals surface area contributed by atoms with Gasteiger partial charge in [-0.2, -0.15) is 0 Å². The fourth-order valence-corrected chi connectivity index (χ4v) is 1.32. The molecule has 0 unspecified atom stereocenters. The summed E-state index contributed by atoms with van der Waals surface area (Å²) in [5, 5.41) is 0. The maximum atomic E-state index is 11.3. The van der Waals surface area contributed by atoms with Gasteiger partial charge in [0.25, 0.3) is 5.91 Å². The first-order valence-electron chi connectivity index (χ1n) is 5.23. The molecule has 1 aromatic rings. The predicted octanol–water partition coefficient (Wildman–Crippen LogP) is 0.788. The normalized spacial score (nSPS) is 14.6. The van der Waals surface area contributed by atoms with E-state index >= 15 is 0 Å². The van der Waals surface area contributed by atoms with E-state index in [0.29, 0.717) is 11.6 Å². The van der Waals surface area contributed by atoms with Gasteiger partial charge in [0.2, 0.25) is 0 Å². The van der Waals surface area contributed by atoms with Crippen LogP contribution in [0.4, 0.5) is 5.82 Å². The molecule has 0 aromatic carbocycles. The van der Waals surface area contributed by atoms with Crippen molar-refractivity contribution in [3.63, 3.8) is 0 Å². The van der Waals surface area contributed by atoms with Crippen LogP contribution in [-0.4, -0.2) is 31.1 Å². The van der Waals surface area contributed by atoms with Gasteiger partial charge in [0.1, 0.15) is 5.82 Å². The molecule has 1 aliphatic carbocycles. The van der Waals surface area contributed by atoms with Crippen LogP contribution in [0, 0.1) is 0 Å². The second-order valence-corrected chi connectivity index (χ2v) is 4.09. The van der Waals surface area contributed by atoms with E-state index in [1.807, 2.05) is 25.1 Å².